The summed E-state index contributed by atoms with van der Waals surface area (Å²) in [6.45, 7) is 6.84. The number of ether oxygens (including phenoxy) is 1. The summed E-state index contributed by atoms with van der Waals surface area (Å²) >= 11 is 0. The van der Waals surface area contributed by atoms with Crippen LogP contribution in [0.5, 0.6) is 0 Å². The van der Waals surface area contributed by atoms with E-state index in [0.717, 1.165) is 45.2 Å². The molecule has 0 rings (SSSR count). The second kappa shape index (κ2) is 32.1. The topological polar surface area (TPSA) is 49.8 Å². The lowest BCUT2D eigenvalue weighted by molar-refractivity contribution is -0.107. The van der Waals surface area contributed by atoms with Crippen LogP contribution in [-0.4, -0.2) is 55.7 Å². The maximum Gasteiger partial charge on any atom is 0.119 e. The molecule has 1 N–H and O–H groups in total. The highest BCUT2D eigenvalue weighted by Gasteiger charge is 2.05. The molecule has 0 aromatic carbocycles. The van der Waals surface area contributed by atoms with Gasteiger partial charge in [0.1, 0.15) is 6.29 Å². The molecule has 4 nitrogen and oxygen atoms in total. The van der Waals surface area contributed by atoms with Gasteiger partial charge in [0.25, 0.3) is 0 Å². The van der Waals surface area contributed by atoms with Crippen molar-refractivity contribution in [3.05, 3.63) is 24.3 Å². The zero-order valence-electron chi connectivity index (χ0n) is 24.0. The maximum atomic E-state index is 10.4. The molecule has 0 saturated heterocycles. The number of hydrogen-bond acceptors (Lipinski definition) is 4. The van der Waals surface area contributed by atoms with Gasteiger partial charge in [-0.1, -0.05) is 102 Å². The first-order valence-electron chi connectivity index (χ1n) is 15.5. The first-order valence-corrected chi connectivity index (χ1v) is 15.5. The molecular weight excluding hydrogens is 446 g/mol. The summed E-state index contributed by atoms with van der Waals surface area (Å²) in [4.78, 5) is 12.9. The van der Waals surface area contributed by atoms with E-state index < -0.39 is 0 Å². The minimum absolute atomic E-state index is 0.110. The number of nitrogens with zero attached hydrogens (tertiary/aromatic N) is 1. The lowest BCUT2D eigenvalue weighted by atomic mass is 10.1. The van der Waals surface area contributed by atoms with Gasteiger partial charge in [0.15, 0.2) is 0 Å². The third-order valence-corrected chi connectivity index (χ3v) is 6.76. The molecule has 0 fully saturated rings. The Morgan fingerprint density at radius 3 is 1.61 bits per heavy atom. The molecule has 0 heterocycles. The Kier molecular flexibility index (Phi) is 31.2. The molecule has 0 unspecified atom stereocenters. The Hall–Kier alpha value is -0.970. The van der Waals surface area contributed by atoms with E-state index in [2.05, 4.69) is 36.1 Å². The number of aliphatic hydroxyl groups excluding tert-OH is 1. The number of aldehydes is 1. The predicted molar refractivity (Wildman–Crippen MR) is 157 cm³/mol. The Balaban J connectivity index is 3.71. The van der Waals surface area contributed by atoms with Crippen LogP contribution in [0.4, 0.5) is 0 Å². The Morgan fingerprint density at radius 2 is 1.08 bits per heavy atom. The van der Waals surface area contributed by atoms with Crippen LogP contribution in [0.25, 0.3) is 0 Å². The highest BCUT2D eigenvalue weighted by atomic mass is 16.5. The largest absolute Gasteiger partial charge is 0.394 e. The van der Waals surface area contributed by atoms with E-state index in [0.29, 0.717) is 6.61 Å². The van der Waals surface area contributed by atoms with Crippen LogP contribution in [0.3, 0.4) is 0 Å². The normalized spacial score (nSPS) is 12.0. The Morgan fingerprint density at radius 1 is 0.583 bits per heavy atom. The molecule has 0 atom stereocenters. The minimum Gasteiger partial charge on any atom is -0.394 e. The molecule has 0 radical (unpaired) electrons. The minimum atomic E-state index is 0.110. The van der Waals surface area contributed by atoms with Gasteiger partial charge < -0.3 is 19.5 Å². The molecule has 0 aromatic rings. The summed E-state index contributed by atoms with van der Waals surface area (Å²) in [7, 11) is 0. The average molecular weight is 508 g/mol. The number of hydrogen-bond donors (Lipinski definition) is 1. The van der Waals surface area contributed by atoms with E-state index in [1.807, 2.05) is 0 Å². The van der Waals surface area contributed by atoms with Crippen molar-refractivity contribution in [1.29, 1.82) is 0 Å². The molecule has 0 aliphatic rings. The first-order chi connectivity index (χ1) is 17.8. The second-order valence-corrected chi connectivity index (χ2v) is 10.2. The van der Waals surface area contributed by atoms with Crippen LogP contribution >= 0.6 is 0 Å². The average Bonchev–Trinajstić information content (AvgIpc) is 2.89. The molecule has 4 heteroatoms. The van der Waals surface area contributed by atoms with Gasteiger partial charge in [-0.3, -0.25) is 0 Å². The molecule has 0 saturated carbocycles. The van der Waals surface area contributed by atoms with Gasteiger partial charge in [-0.05, 0) is 64.5 Å². The molecule has 36 heavy (non-hydrogen) atoms. The predicted octanol–water partition coefficient (Wildman–Crippen LogP) is 8.43. The SMILES string of the molecule is CCCCC/C=C\C/C=C\CCCCCCCCN(CCCCCCCCCC=O)CCOCCO. The molecule has 0 aromatic heterocycles. The third-order valence-electron chi connectivity index (χ3n) is 6.76. The quantitative estimate of drug-likeness (QED) is 0.0602. The van der Waals surface area contributed by atoms with Crippen LogP contribution < -0.4 is 0 Å². The summed E-state index contributed by atoms with van der Waals surface area (Å²) in [5.74, 6) is 0. The maximum absolute atomic E-state index is 10.4. The Bertz CT molecular complexity index is 478. The monoisotopic (exact) mass is 507 g/mol. The molecule has 212 valence electrons. The summed E-state index contributed by atoms with van der Waals surface area (Å²) < 4.78 is 5.51. The Labute approximate surface area is 225 Å². The van der Waals surface area contributed by atoms with Gasteiger partial charge in [-0.15, -0.1) is 0 Å². The van der Waals surface area contributed by atoms with E-state index >= 15 is 0 Å². The van der Waals surface area contributed by atoms with Gasteiger partial charge in [0, 0.05) is 13.0 Å². The van der Waals surface area contributed by atoms with Crippen LogP contribution in [0.2, 0.25) is 0 Å². The number of rotatable bonds is 30. The first kappa shape index (κ1) is 35.0. The van der Waals surface area contributed by atoms with Crippen molar-refractivity contribution in [3.8, 4) is 0 Å². The fourth-order valence-electron chi connectivity index (χ4n) is 4.47. The van der Waals surface area contributed by atoms with Crippen molar-refractivity contribution < 1.29 is 14.6 Å². The number of allylic oxidation sites excluding steroid dienone is 4. The summed E-state index contributed by atoms with van der Waals surface area (Å²) in [5, 5.41) is 8.92. The summed E-state index contributed by atoms with van der Waals surface area (Å²) in [5.41, 5.74) is 0. The molecule has 0 bridgehead atoms. The zero-order valence-corrected chi connectivity index (χ0v) is 24.0. The van der Waals surface area contributed by atoms with Crippen molar-refractivity contribution in [2.45, 2.75) is 135 Å². The van der Waals surface area contributed by atoms with Crippen LogP contribution in [-0.2, 0) is 9.53 Å². The van der Waals surface area contributed by atoms with Gasteiger partial charge >= 0.3 is 0 Å². The van der Waals surface area contributed by atoms with E-state index in [4.69, 9.17) is 9.84 Å². The highest BCUT2D eigenvalue weighted by molar-refractivity contribution is 5.48. The highest BCUT2D eigenvalue weighted by Crippen LogP contribution is 2.11. The molecule has 0 spiro atoms. The third kappa shape index (κ3) is 29.3. The summed E-state index contributed by atoms with van der Waals surface area (Å²) in [6.07, 6.45) is 35.3. The zero-order chi connectivity index (χ0) is 26.2. The van der Waals surface area contributed by atoms with Crippen molar-refractivity contribution in [2.24, 2.45) is 0 Å². The summed E-state index contributed by atoms with van der Waals surface area (Å²) in [6, 6.07) is 0. The fraction of sp³-hybridized carbons (Fsp3) is 0.844. The van der Waals surface area contributed by atoms with Crippen LogP contribution in [0.1, 0.15) is 135 Å². The van der Waals surface area contributed by atoms with Gasteiger partial charge in [-0.25, -0.2) is 0 Å². The molecular formula is C32H61NO3. The van der Waals surface area contributed by atoms with Gasteiger partial charge in [-0.2, -0.15) is 0 Å². The van der Waals surface area contributed by atoms with E-state index in [9.17, 15) is 4.79 Å². The number of carbonyl (C=O) groups is 1. The van der Waals surface area contributed by atoms with Crippen LogP contribution in [0.15, 0.2) is 24.3 Å². The van der Waals surface area contributed by atoms with Gasteiger partial charge in [0.05, 0.1) is 19.8 Å². The van der Waals surface area contributed by atoms with Crippen molar-refractivity contribution in [2.75, 3.05) is 39.5 Å². The van der Waals surface area contributed by atoms with Crippen molar-refractivity contribution >= 4 is 6.29 Å². The number of unbranched alkanes of at least 4 members (excludes halogenated alkanes) is 16. The number of carbonyl (C=O) groups excluding carboxylic acids is 1. The van der Waals surface area contributed by atoms with Gasteiger partial charge in [0.2, 0.25) is 0 Å². The number of aliphatic hydroxyl groups is 1. The fourth-order valence-corrected chi connectivity index (χ4v) is 4.47. The standard InChI is InChI=1S/C32H61NO3/c1-2-3-4-5-6-7-8-9-10-11-12-13-14-17-20-23-26-33(28-31-36-32-30-35)27-24-21-18-15-16-19-22-25-29-34/h6-7,9-10,29,35H,2-5,8,11-28,30-32H2,1H3/b7-6-,10-9-. The molecule has 0 amide bonds. The lowest BCUT2D eigenvalue weighted by Crippen LogP contribution is -2.30. The van der Waals surface area contributed by atoms with Crippen molar-refractivity contribution in [1.82, 2.24) is 4.90 Å². The lowest BCUT2D eigenvalue weighted by Gasteiger charge is -2.22. The van der Waals surface area contributed by atoms with E-state index in [-0.39, 0.29) is 6.61 Å². The van der Waals surface area contributed by atoms with Crippen LogP contribution in [0, 0.1) is 0 Å². The molecule has 0 aliphatic carbocycles. The van der Waals surface area contributed by atoms with E-state index in [1.165, 1.54) is 116 Å². The van der Waals surface area contributed by atoms with Crippen molar-refractivity contribution in [3.63, 3.8) is 0 Å². The second-order valence-electron chi connectivity index (χ2n) is 10.2. The molecule has 0 aliphatic heterocycles. The smallest absolute Gasteiger partial charge is 0.119 e. The van der Waals surface area contributed by atoms with E-state index in [1.54, 1.807) is 0 Å².